The van der Waals surface area contributed by atoms with Gasteiger partial charge in [0.05, 0.1) is 18.1 Å². The minimum Gasteiger partial charge on any atom is -0.455 e. The lowest BCUT2D eigenvalue weighted by molar-refractivity contribution is -0.160. The van der Waals surface area contributed by atoms with Crippen molar-refractivity contribution in [3.05, 3.63) is 34.3 Å². The van der Waals surface area contributed by atoms with E-state index in [1.807, 2.05) is 26.0 Å². The first-order chi connectivity index (χ1) is 13.8. The number of likely N-dealkylation sites (tertiary alicyclic amines) is 1. The van der Waals surface area contributed by atoms with Gasteiger partial charge in [-0.3, -0.25) is 14.4 Å². The number of hydrogen-bond donors (Lipinski definition) is 0. The molecule has 7 nitrogen and oxygen atoms in total. The Labute approximate surface area is 179 Å². The topological polar surface area (TPSA) is 76.2 Å². The van der Waals surface area contributed by atoms with Crippen molar-refractivity contribution in [2.45, 2.75) is 38.9 Å². The molecule has 0 aromatic heterocycles. The zero-order chi connectivity index (χ0) is 21.0. The SMILES string of the molecule is C[C@H]1CN(C(=O)COC(=O)C2CCN(C(=O)c3ccc(Br)cc3)CC2)C[C@H](C)O1. The van der Waals surface area contributed by atoms with Crippen molar-refractivity contribution in [2.75, 3.05) is 32.8 Å². The van der Waals surface area contributed by atoms with E-state index in [9.17, 15) is 14.4 Å². The van der Waals surface area contributed by atoms with Gasteiger partial charge >= 0.3 is 5.97 Å². The van der Waals surface area contributed by atoms with Crippen LogP contribution in [0, 0.1) is 5.92 Å². The number of nitrogens with zero attached hydrogens (tertiary/aromatic N) is 2. The van der Waals surface area contributed by atoms with Crippen molar-refractivity contribution < 1.29 is 23.9 Å². The van der Waals surface area contributed by atoms with Crippen LogP contribution in [-0.4, -0.2) is 72.6 Å². The summed E-state index contributed by atoms with van der Waals surface area (Å²) >= 11 is 3.36. The molecule has 0 radical (unpaired) electrons. The van der Waals surface area contributed by atoms with Crippen LogP contribution in [0.1, 0.15) is 37.0 Å². The molecule has 2 fully saturated rings. The summed E-state index contributed by atoms with van der Waals surface area (Å²) in [5.41, 5.74) is 0.633. The Morgan fingerprint density at radius 3 is 2.21 bits per heavy atom. The van der Waals surface area contributed by atoms with E-state index < -0.39 is 0 Å². The maximum absolute atomic E-state index is 12.6. The van der Waals surface area contributed by atoms with Crippen LogP contribution in [0.15, 0.2) is 28.7 Å². The predicted octanol–water partition coefficient (Wildman–Crippen LogP) is 2.48. The summed E-state index contributed by atoms with van der Waals surface area (Å²) in [4.78, 5) is 40.7. The molecule has 8 heteroatoms. The fraction of sp³-hybridized carbons (Fsp3) is 0.571. The number of esters is 1. The Morgan fingerprint density at radius 2 is 1.62 bits per heavy atom. The number of benzene rings is 1. The molecule has 2 aliphatic heterocycles. The number of piperidine rings is 1. The third-order valence-corrected chi connectivity index (χ3v) is 5.85. The Hall–Kier alpha value is -1.93. The van der Waals surface area contributed by atoms with Crippen molar-refractivity contribution in [2.24, 2.45) is 5.92 Å². The second-order valence-corrected chi connectivity index (χ2v) is 8.65. The monoisotopic (exact) mass is 466 g/mol. The Balaban J connectivity index is 1.43. The van der Waals surface area contributed by atoms with Crippen molar-refractivity contribution in [1.82, 2.24) is 9.80 Å². The minimum absolute atomic E-state index is 0.0222. The molecular formula is C21H27BrN2O5. The highest BCUT2D eigenvalue weighted by Crippen LogP contribution is 2.21. The van der Waals surface area contributed by atoms with Gasteiger partial charge in [-0.2, -0.15) is 0 Å². The van der Waals surface area contributed by atoms with Gasteiger partial charge in [0.15, 0.2) is 6.61 Å². The fourth-order valence-corrected chi connectivity index (χ4v) is 4.08. The van der Waals surface area contributed by atoms with E-state index in [4.69, 9.17) is 9.47 Å². The molecule has 0 spiro atoms. The zero-order valence-corrected chi connectivity index (χ0v) is 18.4. The molecule has 0 bridgehead atoms. The van der Waals surface area contributed by atoms with Gasteiger partial charge in [0, 0.05) is 36.2 Å². The molecule has 1 aromatic carbocycles. The van der Waals surface area contributed by atoms with Crippen LogP contribution < -0.4 is 0 Å². The Morgan fingerprint density at radius 1 is 1.03 bits per heavy atom. The third kappa shape index (κ3) is 5.79. The molecular weight excluding hydrogens is 440 g/mol. The summed E-state index contributed by atoms with van der Waals surface area (Å²) in [6.45, 7) is 5.63. The van der Waals surface area contributed by atoms with Gasteiger partial charge in [0.2, 0.25) is 0 Å². The van der Waals surface area contributed by atoms with Crippen molar-refractivity contribution >= 4 is 33.7 Å². The summed E-state index contributed by atoms with van der Waals surface area (Å²) in [6, 6.07) is 7.24. The van der Waals surface area contributed by atoms with Crippen LogP contribution in [0.5, 0.6) is 0 Å². The fourth-order valence-electron chi connectivity index (χ4n) is 3.82. The average molecular weight is 467 g/mol. The molecule has 158 valence electrons. The lowest BCUT2D eigenvalue weighted by atomic mass is 9.96. The quantitative estimate of drug-likeness (QED) is 0.637. The average Bonchev–Trinajstić information content (AvgIpc) is 2.71. The molecule has 0 aliphatic carbocycles. The number of carbonyl (C=O) groups is 3. The molecule has 2 saturated heterocycles. The van der Waals surface area contributed by atoms with Crippen molar-refractivity contribution in [3.8, 4) is 0 Å². The van der Waals surface area contributed by atoms with Crippen LogP contribution in [0.25, 0.3) is 0 Å². The Kier molecular flexibility index (Phi) is 7.29. The number of morpholine rings is 1. The lowest BCUT2D eigenvalue weighted by Crippen LogP contribution is -2.49. The summed E-state index contributed by atoms with van der Waals surface area (Å²) in [5.74, 6) is -0.860. The van der Waals surface area contributed by atoms with E-state index in [0.29, 0.717) is 44.6 Å². The summed E-state index contributed by atoms with van der Waals surface area (Å²) < 4.78 is 11.8. The molecule has 3 rings (SSSR count). The van der Waals surface area contributed by atoms with E-state index in [1.54, 1.807) is 21.9 Å². The van der Waals surface area contributed by atoms with Crippen LogP contribution in [0.2, 0.25) is 0 Å². The van der Waals surface area contributed by atoms with Gasteiger partial charge in [0.25, 0.3) is 11.8 Å². The first-order valence-corrected chi connectivity index (χ1v) is 10.8. The number of halogens is 1. The smallest absolute Gasteiger partial charge is 0.309 e. The van der Waals surface area contributed by atoms with Crippen molar-refractivity contribution in [1.29, 1.82) is 0 Å². The van der Waals surface area contributed by atoms with Crippen LogP contribution >= 0.6 is 15.9 Å². The summed E-state index contributed by atoms with van der Waals surface area (Å²) in [6.07, 6.45) is 1.04. The van der Waals surface area contributed by atoms with Gasteiger partial charge in [-0.25, -0.2) is 0 Å². The Bertz CT molecular complexity index is 736. The maximum atomic E-state index is 12.6. The van der Waals surface area contributed by atoms with Crippen LogP contribution in [-0.2, 0) is 19.1 Å². The molecule has 2 heterocycles. The molecule has 0 unspecified atom stereocenters. The molecule has 2 atom stereocenters. The number of hydrogen-bond acceptors (Lipinski definition) is 5. The summed E-state index contributed by atoms with van der Waals surface area (Å²) in [5, 5.41) is 0. The largest absolute Gasteiger partial charge is 0.455 e. The molecule has 29 heavy (non-hydrogen) atoms. The highest BCUT2D eigenvalue weighted by molar-refractivity contribution is 9.10. The van der Waals surface area contributed by atoms with Gasteiger partial charge < -0.3 is 19.3 Å². The highest BCUT2D eigenvalue weighted by atomic mass is 79.9. The molecule has 0 saturated carbocycles. The minimum atomic E-state index is -0.358. The normalized spacial score (nSPS) is 23.0. The van der Waals surface area contributed by atoms with Crippen molar-refractivity contribution in [3.63, 3.8) is 0 Å². The van der Waals surface area contributed by atoms with E-state index in [2.05, 4.69) is 15.9 Å². The molecule has 1 aromatic rings. The van der Waals surface area contributed by atoms with Gasteiger partial charge in [-0.05, 0) is 51.0 Å². The number of rotatable bonds is 4. The van der Waals surface area contributed by atoms with Crippen LogP contribution in [0.3, 0.4) is 0 Å². The number of amides is 2. The molecule has 0 N–H and O–H groups in total. The number of ether oxygens (including phenoxy) is 2. The van der Waals surface area contributed by atoms with E-state index >= 15 is 0 Å². The lowest BCUT2D eigenvalue weighted by Gasteiger charge is -2.35. The zero-order valence-electron chi connectivity index (χ0n) is 16.8. The second kappa shape index (κ2) is 9.71. The maximum Gasteiger partial charge on any atom is 0.309 e. The van der Waals surface area contributed by atoms with Gasteiger partial charge in [0.1, 0.15) is 0 Å². The van der Waals surface area contributed by atoms with Gasteiger partial charge in [-0.1, -0.05) is 15.9 Å². The van der Waals surface area contributed by atoms with Crippen LogP contribution in [0.4, 0.5) is 0 Å². The first kappa shape index (κ1) is 21.8. The second-order valence-electron chi connectivity index (χ2n) is 7.74. The van der Waals surface area contributed by atoms with E-state index in [-0.39, 0.29) is 42.5 Å². The molecule has 2 amide bonds. The highest BCUT2D eigenvalue weighted by Gasteiger charge is 2.30. The standard InChI is InChI=1S/C21H27BrN2O5/c1-14-11-24(12-15(2)29-14)19(25)13-28-21(27)17-7-9-23(10-8-17)20(26)16-3-5-18(22)6-4-16/h3-6,14-15,17H,7-13H2,1-2H3/t14-,15-/m0/s1. The summed E-state index contributed by atoms with van der Waals surface area (Å²) in [7, 11) is 0. The predicted molar refractivity (Wildman–Crippen MR) is 110 cm³/mol. The van der Waals surface area contributed by atoms with E-state index in [1.165, 1.54) is 0 Å². The van der Waals surface area contributed by atoms with E-state index in [0.717, 1.165) is 4.47 Å². The first-order valence-electron chi connectivity index (χ1n) is 9.98. The molecule has 2 aliphatic rings. The number of carbonyl (C=O) groups excluding carboxylic acids is 3. The third-order valence-electron chi connectivity index (χ3n) is 5.32. The van der Waals surface area contributed by atoms with Gasteiger partial charge in [-0.15, -0.1) is 0 Å².